The lowest BCUT2D eigenvalue weighted by atomic mass is 10.0. The van der Waals surface area contributed by atoms with Crippen molar-refractivity contribution in [3.05, 3.63) is 41.5 Å². The second-order valence-electron chi connectivity index (χ2n) is 6.71. The largest absolute Gasteiger partial charge is 0.379 e. The van der Waals surface area contributed by atoms with Gasteiger partial charge in [-0.15, -0.1) is 0 Å². The first-order valence-corrected chi connectivity index (χ1v) is 9.73. The fourth-order valence-electron chi connectivity index (χ4n) is 2.82. The maximum atomic E-state index is 12.8. The van der Waals surface area contributed by atoms with E-state index in [1.54, 1.807) is 12.1 Å². The van der Waals surface area contributed by atoms with Crippen LogP contribution in [-0.4, -0.2) is 41.1 Å². The van der Waals surface area contributed by atoms with E-state index in [4.69, 9.17) is 9.78 Å². The summed E-state index contributed by atoms with van der Waals surface area (Å²) < 4.78 is 32.0. The van der Waals surface area contributed by atoms with Gasteiger partial charge in [0, 0.05) is 18.9 Å². The quantitative estimate of drug-likeness (QED) is 0.840. The summed E-state index contributed by atoms with van der Waals surface area (Å²) in [5.41, 5.74) is -0.745. The molecule has 1 aromatic heterocycles. The van der Waals surface area contributed by atoms with Gasteiger partial charge >= 0.3 is 0 Å². The van der Waals surface area contributed by atoms with Gasteiger partial charge in [0.2, 0.25) is 10.0 Å². The fourth-order valence-corrected chi connectivity index (χ4v) is 4.31. The molecule has 0 bridgehead atoms. The van der Waals surface area contributed by atoms with Crippen LogP contribution in [0.2, 0.25) is 0 Å². The Morgan fingerprint density at radius 3 is 2.65 bits per heavy atom. The van der Waals surface area contributed by atoms with Gasteiger partial charge in [0.25, 0.3) is 5.89 Å². The van der Waals surface area contributed by atoms with Gasteiger partial charge in [0.05, 0.1) is 23.9 Å². The molecular formula is C17H20N4O4S. The lowest BCUT2D eigenvalue weighted by Crippen LogP contribution is -2.34. The minimum Gasteiger partial charge on any atom is -0.379 e. The molecule has 1 saturated heterocycles. The minimum atomic E-state index is -3.76. The average Bonchev–Trinajstić information content (AvgIpc) is 3.24. The van der Waals surface area contributed by atoms with Crippen LogP contribution in [0.25, 0.3) is 0 Å². The third kappa shape index (κ3) is 3.35. The third-order valence-corrected chi connectivity index (χ3v) is 6.27. The van der Waals surface area contributed by atoms with E-state index in [0.29, 0.717) is 5.82 Å². The Morgan fingerprint density at radius 2 is 2.08 bits per heavy atom. The van der Waals surface area contributed by atoms with Gasteiger partial charge < -0.3 is 9.63 Å². The maximum absolute atomic E-state index is 12.8. The fraction of sp³-hybridized carbons (Fsp3) is 0.471. The molecule has 1 unspecified atom stereocenters. The zero-order valence-electron chi connectivity index (χ0n) is 14.6. The highest BCUT2D eigenvalue weighted by Crippen LogP contribution is 2.34. The first-order valence-electron chi connectivity index (χ1n) is 8.29. The number of benzene rings is 1. The van der Waals surface area contributed by atoms with Crippen molar-refractivity contribution in [2.75, 3.05) is 13.1 Å². The van der Waals surface area contributed by atoms with E-state index in [1.807, 2.05) is 19.9 Å². The molecule has 0 aliphatic carbocycles. The number of rotatable bonds is 5. The first-order chi connectivity index (χ1) is 12.3. The number of β-amino-alcohol motifs (C(OH)–C–C–N with tert-alkyl or cyclic N) is 1. The Labute approximate surface area is 152 Å². The number of aliphatic hydroxyl groups is 1. The SMILES string of the molecule is CC(C)c1noc(C2(O)CCN(S(=O)(=O)c3ccc(CC#N)cc3)C2)n1. The Balaban J connectivity index is 1.81. The molecule has 0 spiro atoms. The van der Waals surface area contributed by atoms with Crippen LogP contribution in [0.15, 0.2) is 33.7 Å². The molecule has 3 rings (SSSR count). The lowest BCUT2D eigenvalue weighted by molar-refractivity contribution is 0.0194. The topological polar surface area (TPSA) is 120 Å². The molecule has 1 aliphatic rings. The molecule has 138 valence electrons. The normalized spacial score (nSPS) is 21.2. The smallest absolute Gasteiger partial charge is 0.260 e. The zero-order chi connectivity index (χ0) is 18.9. The zero-order valence-corrected chi connectivity index (χ0v) is 15.4. The highest BCUT2D eigenvalue weighted by atomic mass is 32.2. The van der Waals surface area contributed by atoms with Crippen molar-refractivity contribution in [2.45, 2.75) is 43.1 Å². The minimum absolute atomic E-state index is 0.0447. The van der Waals surface area contributed by atoms with Gasteiger partial charge in [0.15, 0.2) is 11.4 Å². The number of aromatic nitrogens is 2. The standard InChI is InChI=1S/C17H20N4O4S/c1-12(2)15-19-16(25-20-15)17(22)8-10-21(11-17)26(23,24)14-5-3-13(4-6-14)7-9-18/h3-6,12,22H,7-8,10-11H2,1-2H3. The molecule has 0 saturated carbocycles. The molecule has 8 nitrogen and oxygen atoms in total. The van der Waals surface area contributed by atoms with Crippen LogP contribution in [0.3, 0.4) is 0 Å². The summed E-state index contributed by atoms with van der Waals surface area (Å²) in [5.74, 6) is 0.565. The molecule has 0 radical (unpaired) electrons. The summed E-state index contributed by atoms with van der Waals surface area (Å²) in [7, 11) is -3.76. The molecule has 26 heavy (non-hydrogen) atoms. The summed E-state index contributed by atoms with van der Waals surface area (Å²) in [6.45, 7) is 3.81. The molecule has 1 aliphatic heterocycles. The van der Waals surface area contributed by atoms with E-state index >= 15 is 0 Å². The summed E-state index contributed by atoms with van der Waals surface area (Å²) in [4.78, 5) is 4.33. The van der Waals surface area contributed by atoms with Crippen molar-refractivity contribution in [2.24, 2.45) is 0 Å². The molecule has 1 aromatic carbocycles. The van der Waals surface area contributed by atoms with Crippen molar-refractivity contribution in [3.8, 4) is 6.07 Å². The Hall–Kier alpha value is -2.28. The van der Waals surface area contributed by atoms with Gasteiger partial charge in [-0.25, -0.2) is 8.42 Å². The second kappa shape index (κ2) is 6.79. The third-order valence-electron chi connectivity index (χ3n) is 4.41. The summed E-state index contributed by atoms with van der Waals surface area (Å²) >= 11 is 0. The molecule has 1 atom stereocenters. The van der Waals surface area contributed by atoms with Gasteiger partial charge in [0.1, 0.15) is 0 Å². The van der Waals surface area contributed by atoms with Gasteiger partial charge in [-0.05, 0) is 17.7 Å². The van der Waals surface area contributed by atoms with E-state index in [0.717, 1.165) is 5.56 Å². The molecule has 1 N–H and O–H groups in total. The Kier molecular flexibility index (Phi) is 4.84. The van der Waals surface area contributed by atoms with Crippen molar-refractivity contribution < 1.29 is 18.0 Å². The number of hydrogen-bond donors (Lipinski definition) is 1. The Bertz CT molecular complexity index is 930. The summed E-state index contributed by atoms with van der Waals surface area (Å²) in [6.07, 6.45) is 0.400. The average molecular weight is 376 g/mol. The van der Waals surface area contributed by atoms with E-state index < -0.39 is 15.6 Å². The molecule has 2 aromatic rings. The summed E-state index contributed by atoms with van der Waals surface area (Å²) in [6, 6.07) is 8.20. The van der Waals surface area contributed by atoms with Gasteiger partial charge in [-0.1, -0.05) is 31.1 Å². The number of sulfonamides is 1. The molecule has 1 fully saturated rings. The second-order valence-corrected chi connectivity index (χ2v) is 8.65. The number of nitrogens with zero attached hydrogens (tertiary/aromatic N) is 4. The molecule has 0 amide bonds. The molecular weight excluding hydrogens is 356 g/mol. The van der Waals surface area contributed by atoms with E-state index in [1.165, 1.54) is 16.4 Å². The molecule has 2 heterocycles. The first kappa shape index (κ1) is 18.5. The highest BCUT2D eigenvalue weighted by molar-refractivity contribution is 7.89. The predicted octanol–water partition coefficient (Wildman–Crippen LogP) is 1.54. The van der Waals surface area contributed by atoms with Crippen LogP contribution in [0.5, 0.6) is 0 Å². The van der Waals surface area contributed by atoms with Crippen molar-refractivity contribution in [1.29, 1.82) is 5.26 Å². The van der Waals surface area contributed by atoms with Crippen LogP contribution in [-0.2, 0) is 22.0 Å². The number of nitriles is 1. The van der Waals surface area contributed by atoms with Crippen molar-refractivity contribution in [1.82, 2.24) is 14.4 Å². The number of hydrogen-bond acceptors (Lipinski definition) is 7. The van der Waals surface area contributed by atoms with Crippen LogP contribution < -0.4 is 0 Å². The predicted molar refractivity (Wildman–Crippen MR) is 91.4 cm³/mol. The highest BCUT2D eigenvalue weighted by Gasteiger charge is 2.46. The van der Waals surface area contributed by atoms with Crippen molar-refractivity contribution >= 4 is 10.0 Å². The van der Waals surface area contributed by atoms with Crippen molar-refractivity contribution in [3.63, 3.8) is 0 Å². The van der Waals surface area contributed by atoms with E-state index in [2.05, 4.69) is 10.1 Å². The van der Waals surface area contributed by atoms with E-state index in [-0.39, 0.29) is 42.6 Å². The van der Waals surface area contributed by atoms with Gasteiger partial charge in [-0.3, -0.25) is 0 Å². The van der Waals surface area contributed by atoms with Crippen LogP contribution >= 0.6 is 0 Å². The monoisotopic (exact) mass is 376 g/mol. The van der Waals surface area contributed by atoms with Crippen LogP contribution in [0.1, 0.15) is 43.5 Å². The summed E-state index contributed by atoms with van der Waals surface area (Å²) in [5, 5.41) is 23.4. The maximum Gasteiger partial charge on any atom is 0.260 e. The van der Waals surface area contributed by atoms with Crippen LogP contribution in [0, 0.1) is 11.3 Å². The van der Waals surface area contributed by atoms with Gasteiger partial charge in [-0.2, -0.15) is 14.6 Å². The molecule has 9 heteroatoms. The van der Waals surface area contributed by atoms with Crippen LogP contribution in [0.4, 0.5) is 0 Å². The van der Waals surface area contributed by atoms with E-state index in [9.17, 15) is 13.5 Å². The Morgan fingerprint density at radius 1 is 1.38 bits per heavy atom. The lowest BCUT2D eigenvalue weighted by Gasteiger charge is -2.19.